The predicted octanol–water partition coefficient (Wildman–Crippen LogP) is 4.56. The summed E-state index contributed by atoms with van der Waals surface area (Å²) in [5, 5.41) is 18.0. The van der Waals surface area contributed by atoms with Crippen molar-refractivity contribution < 1.29 is 9.90 Å². The van der Waals surface area contributed by atoms with Gasteiger partial charge in [0.25, 0.3) is 0 Å². The Morgan fingerprint density at radius 1 is 1.24 bits per heavy atom. The van der Waals surface area contributed by atoms with E-state index < -0.39 is 5.97 Å². The molecule has 1 aromatic carbocycles. The van der Waals surface area contributed by atoms with Crippen LogP contribution in [0.3, 0.4) is 0 Å². The monoisotopic (exact) mass is 336 g/mol. The smallest absolute Gasteiger partial charge is 0.309 e. The number of nitrogens with zero attached hydrogens (tertiary/aromatic N) is 4. The molecule has 1 N–H and O–H groups in total. The number of carboxylic acid groups (broad SMARTS) is 1. The number of carbonyl (C=O) groups is 1. The van der Waals surface area contributed by atoms with Crippen molar-refractivity contribution >= 4 is 23.1 Å². The molecule has 0 amide bonds. The Bertz CT molecular complexity index is 973. The Labute approximate surface area is 145 Å². The number of fused-ring (bicyclic) bond motifs is 1. The number of azo groups is 1. The van der Waals surface area contributed by atoms with Crippen LogP contribution < -0.4 is 0 Å². The summed E-state index contributed by atoms with van der Waals surface area (Å²) in [5.41, 5.74) is 5.10. The molecule has 6 heteroatoms. The number of imidazole rings is 1. The van der Waals surface area contributed by atoms with E-state index in [0.717, 1.165) is 28.8 Å². The van der Waals surface area contributed by atoms with Crippen molar-refractivity contribution in [2.45, 2.75) is 33.6 Å². The number of rotatable bonds is 5. The lowest BCUT2D eigenvalue weighted by atomic mass is 10.1. The molecule has 0 aliphatic carbocycles. The van der Waals surface area contributed by atoms with Gasteiger partial charge in [-0.3, -0.25) is 9.20 Å². The SMILES string of the molecule is CCc1cccc(C)c1N=Nc1c(CC(=O)O)nc2cc(C)ccn12. The van der Waals surface area contributed by atoms with E-state index in [1.54, 1.807) is 4.40 Å². The molecule has 0 aliphatic rings. The van der Waals surface area contributed by atoms with Crippen LogP contribution in [0.1, 0.15) is 29.3 Å². The summed E-state index contributed by atoms with van der Waals surface area (Å²) < 4.78 is 1.78. The van der Waals surface area contributed by atoms with Crippen molar-refractivity contribution in [3.8, 4) is 0 Å². The van der Waals surface area contributed by atoms with Crippen molar-refractivity contribution in [2.24, 2.45) is 10.2 Å². The van der Waals surface area contributed by atoms with Gasteiger partial charge in [-0.2, -0.15) is 0 Å². The molecule has 0 bridgehead atoms. The van der Waals surface area contributed by atoms with Crippen LogP contribution in [0.5, 0.6) is 0 Å². The fraction of sp³-hybridized carbons (Fsp3) is 0.263. The van der Waals surface area contributed by atoms with Crippen molar-refractivity contribution in [3.63, 3.8) is 0 Å². The van der Waals surface area contributed by atoms with E-state index in [9.17, 15) is 4.79 Å². The van der Waals surface area contributed by atoms with Crippen LogP contribution in [0.2, 0.25) is 0 Å². The molecule has 2 aromatic heterocycles. The molecule has 0 atom stereocenters. The number of hydrogen-bond acceptors (Lipinski definition) is 4. The second kappa shape index (κ2) is 6.84. The summed E-state index contributed by atoms with van der Waals surface area (Å²) in [6.07, 6.45) is 2.50. The average Bonchev–Trinajstić information content (AvgIpc) is 2.88. The Morgan fingerprint density at radius 3 is 2.76 bits per heavy atom. The van der Waals surface area contributed by atoms with Crippen LogP contribution in [0.15, 0.2) is 46.8 Å². The van der Waals surface area contributed by atoms with Gasteiger partial charge in [-0.1, -0.05) is 25.1 Å². The first kappa shape index (κ1) is 16.8. The zero-order valence-corrected chi connectivity index (χ0v) is 14.5. The van der Waals surface area contributed by atoms with Crippen LogP contribution >= 0.6 is 0 Å². The lowest BCUT2D eigenvalue weighted by molar-refractivity contribution is -0.136. The number of aromatic nitrogens is 2. The fourth-order valence-electron chi connectivity index (χ4n) is 2.80. The van der Waals surface area contributed by atoms with E-state index in [4.69, 9.17) is 5.11 Å². The fourth-order valence-corrected chi connectivity index (χ4v) is 2.80. The van der Waals surface area contributed by atoms with E-state index in [2.05, 4.69) is 22.1 Å². The first-order chi connectivity index (χ1) is 12.0. The Balaban J connectivity index is 2.13. The van der Waals surface area contributed by atoms with Crippen molar-refractivity contribution in [3.05, 3.63) is 58.9 Å². The van der Waals surface area contributed by atoms with Crippen LogP contribution in [0.25, 0.3) is 5.65 Å². The van der Waals surface area contributed by atoms with Crippen LogP contribution in [0, 0.1) is 13.8 Å². The third-order valence-corrected chi connectivity index (χ3v) is 4.09. The summed E-state index contributed by atoms with van der Waals surface area (Å²) in [5.74, 6) is -0.482. The van der Waals surface area contributed by atoms with Gasteiger partial charge in [0, 0.05) is 6.20 Å². The van der Waals surface area contributed by atoms with Crippen LogP contribution in [0.4, 0.5) is 11.5 Å². The van der Waals surface area contributed by atoms with Crippen molar-refractivity contribution in [1.82, 2.24) is 9.38 Å². The third-order valence-electron chi connectivity index (χ3n) is 4.09. The number of carboxylic acids is 1. The molecular weight excluding hydrogens is 316 g/mol. The molecule has 0 aliphatic heterocycles. The number of hydrogen-bond donors (Lipinski definition) is 1. The Hall–Kier alpha value is -3.02. The topological polar surface area (TPSA) is 79.3 Å². The van der Waals surface area contributed by atoms with E-state index >= 15 is 0 Å². The molecule has 128 valence electrons. The molecule has 0 fully saturated rings. The minimum atomic E-state index is -0.943. The largest absolute Gasteiger partial charge is 0.481 e. The van der Waals surface area contributed by atoms with E-state index in [0.29, 0.717) is 17.2 Å². The van der Waals surface area contributed by atoms with Crippen LogP contribution in [-0.4, -0.2) is 20.5 Å². The molecule has 0 saturated carbocycles. The van der Waals surface area contributed by atoms with Gasteiger partial charge < -0.3 is 5.11 Å². The summed E-state index contributed by atoms with van der Waals surface area (Å²) in [7, 11) is 0. The summed E-state index contributed by atoms with van der Waals surface area (Å²) >= 11 is 0. The minimum Gasteiger partial charge on any atom is -0.481 e. The number of benzene rings is 1. The summed E-state index contributed by atoms with van der Waals surface area (Å²) in [4.78, 5) is 15.6. The van der Waals surface area contributed by atoms with Crippen molar-refractivity contribution in [2.75, 3.05) is 0 Å². The van der Waals surface area contributed by atoms with Gasteiger partial charge in [0.2, 0.25) is 0 Å². The first-order valence-corrected chi connectivity index (χ1v) is 8.19. The zero-order valence-electron chi connectivity index (χ0n) is 14.5. The van der Waals surface area contributed by atoms with Gasteiger partial charge in [-0.15, -0.1) is 10.2 Å². The lowest BCUT2D eigenvalue weighted by Gasteiger charge is -2.05. The van der Waals surface area contributed by atoms with Gasteiger partial charge in [0.05, 0.1) is 17.8 Å². The quantitative estimate of drug-likeness (QED) is 0.694. The van der Waals surface area contributed by atoms with E-state index in [1.807, 2.05) is 50.4 Å². The molecular formula is C19H20N4O2. The maximum absolute atomic E-state index is 11.2. The van der Waals surface area contributed by atoms with E-state index in [1.165, 1.54) is 0 Å². The molecule has 0 unspecified atom stereocenters. The standard InChI is InChI=1S/C19H20N4O2/c1-4-14-7-5-6-13(3)18(14)21-22-19-15(11-17(24)25)20-16-10-12(2)8-9-23(16)19/h5-10H,4,11H2,1-3H3,(H,24,25). The van der Waals surface area contributed by atoms with E-state index in [-0.39, 0.29) is 6.42 Å². The van der Waals surface area contributed by atoms with Gasteiger partial charge in [-0.25, -0.2) is 4.98 Å². The van der Waals surface area contributed by atoms with Gasteiger partial charge in [-0.05, 0) is 49.1 Å². The normalized spacial score (nSPS) is 11.5. The highest BCUT2D eigenvalue weighted by Gasteiger charge is 2.15. The molecule has 25 heavy (non-hydrogen) atoms. The highest BCUT2D eigenvalue weighted by Crippen LogP contribution is 2.29. The minimum absolute atomic E-state index is 0.191. The lowest BCUT2D eigenvalue weighted by Crippen LogP contribution is -2.00. The second-order valence-electron chi connectivity index (χ2n) is 6.02. The summed E-state index contributed by atoms with van der Waals surface area (Å²) in [6.45, 7) is 6.03. The molecule has 0 radical (unpaired) electrons. The maximum Gasteiger partial charge on any atom is 0.309 e. The average molecular weight is 336 g/mol. The number of aryl methyl sites for hydroxylation is 3. The number of aliphatic carboxylic acids is 1. The van der Waals surface area contributed by atoms with Gasteiger partial charge >= 0.3 is 5.97 Å². The molecule has 0 spiro atoms. The highest BCUT2D eigenvalue weighted by atomic mass is 16.4. The Morgan fingerprint density at radius 2 is 2.04 bits per heavy atom. The molecule has 3 rings (SSSR count). The van der Waals surface area contributed by atoms with Gasteiger partial charge in [0.1, 0.15) is 5.65 Å². The maximum atomic E-state index is 11.2. The van der Waals surface area contributed by atoms with Crippen LogP contribution in [-0.2, 0) is 17.6 Å². The molecule has 0 saturated heterocycles. The predicted molar refractivity (Wildman–Crippen MR) is 96.0 cm³/mol. The summed E-state index contributed by atoms with van der Waals surface area (Å²) in [6, 6.07) is 9.85. The third kappa shape index (κ3) is 3.42. The zero-order chi connectivity index (χ0) is 18.0. The second-order valence-corrected chi connectivity index (χ2v) is 6.02. The highest BCUT2D eigenvalue weighted by molar-refractivity contribution is 5.72. The molecule has 3 aromatic rings. The number of pyridine rings is 1. The molecule has 2 heterocycles. The first-order valence-electron chi connectivity index (χ1n) is 8.19. The molecule has 6 nitrogen and oxygen atoms in total. The van der Waals surface area contributed by atoms with Gasteiger partial charge in [0.15, 0.2) is 5.82 Å². The Kier molecular flexibility index (Phi) is 4.61. The van der Waals surface area contributed by atoms with Crippen molar-refractivity contribution in [1.29, 1.82) is 0 Å².